The number of benzene rings is 2. The number of carbonyl (C=O) groups excluding carboxylic acids is 2. The number of anilines is 1. The molecule has 166 valence electrons. The van der Waals surface area contributed by atoms with Crippen LogP contribution in [-0.4, -0.2) is 33.7 Å². The molecule has 0 aliphatic carbocycles. The van der Waals surface area contributed by atoms with Gasteiger partial charge in [-0.15, -0.1) is 0 Å². The topological polar surface area (TPSA) is 138 Å². The van der Waals surface area contributed by atoms with Crippen LogP contribution in [0.15, 0.2) is 73.1 Å². The summed E-state index contributed by atoms with van der Waals surface area (Å²) < 4.78 is 6.69. The minimum absolute atomic E-state index is 0.143. The van der Waals surface area contributed by atoms with Crippen LogP contribution in [0.1, 0.15) is 26.3 Å². The van der Waals surface area contributed by atoms with E-state index in [2.05, 4.69) is 15.4 Å². The zero-order valence-electron chi connectivity index (χ0n) is 17.9. The van der Waals surface area contributed by atoms with Crippen molar-refractivity contribution in [2.24, 2.45) is 5.73 Å². The normalized spacial score (nSPS) is 10.6. The first-order chi connectivity index (χ1) is 16.0. The van der Waals surface area contributed by atoms with Crippen LogP contribution in [-0.2, 0) is 6.54 Å². The summed E-state index contributed by atoms with van der Waals surface area (Å²) in [4.78, 5) is 28.6. The lowest BCUT2D eigenvalue weighted by atomic mass is 10.0. The fourth-order valence-corrected chi connectivity index (χ4v) is 3.45. The summed E-state index contributed by atoms with van der Waals surface area (Å²) in [5.41, 5.74) is 14.9. The first-order valence-electron chi connectivity index (χ1n) is 10.1. The van der Waals surface area contributed by atoms with Crippen LogP contribution in [0.5, 0.6) is 5.75 Å². The number of methoxy groups -OCH3 is 1. The second kappa shape index (κ2) is 9.23. The van der Waals surface area contributed by atoms with Gasteiger partial charge in [0.2, 0.25) is 0 Å². The number of nitrogen functional groups attached to an aromatic ring is 1. The number of pyridine rings is 1. The first-order valence-corrected chi connectivity index (χ1v) is 10.1. The molecule has 4 aromatic rings. The number of ether oxygens (including phenoxy) is 1. The minimum Gasteiger partial charge on any atom is -0.496 e. The summed E-state index contributed by atoms with van der Waals surface area (Å²) in [6.07, 6.45) is 3.21. The molecule has 0 saturated heterocycles. The number of nitrogens with zero attached hydrogens (tertiary/aromatic N) is 3. The van der Waals surface area contributed by atoms with Crippen molar-refractivity contribution in [1.29, 1.82) is 0 Å². The molecule has 33 heavy (non-hydrogen) atoms. The minimum atomic E-state index is -0.670. The van der Waals surface area contributed by atoms with Crippen LogP contribution in [0.3, 0.4) is 0 Å². The fraction of sp³-hybridized carbons (Fsp3) is 0.0833. The third-order valence-corrected chi connectivity index (χ3v) is 5.11. The molecule has 0 aliphatic rings. The molecule has 2 amide bonds. The van der Waals surface area contributed by atoms with Crippen LogP contribution in [0.4, 0.5) is 5.82 Å². The summed E-state index contributed by atoms with van der Waals surface area (Å²) in [5.74, 6) is -0.254. The lowest BCUT2D eigenvalue weighted by Gasteiger charge is -2.09. The van der Waals surface area contributed by atoms with Crippen LogP contribution in [0, 0.1) is 0 Å². The van der Waals surface area contributed by atoms with Crippen molar-refractivity contribution in [2.75, 3.05) is 12.8 Å². The average molecular weight is 442 g/mol. The number of rotatable bonds is 7. The van der Waals surface area contributed by atoms with E-state index in [0.29, 0.717) is 34.8 Å². The monoisotopic (exact) mass is 442 g/mol. The summed E-state index contributed by atoms with van der Waals surface area (Å²) in [6, 6.07) is 17.7. The molecule has 2 heterocycles. The number of carbonyl (C=O) groups is 2. The van der Waals surface area contributed by atoms with E-state index < -0.39 is 5.91 Å². The molecule has 0 bridgehead atoms. The molecule has 0 spiro atoms. The third kappa shape index (κ3) is 4.38. The number of hydrogen-bond donors (Lipinski definition) is 3. The van der Waals surface area contributed by atoms with Crippen molar-refractivity contribution in [1.82, 2.24) is 20.1 Å². The fourth-order valence-electron chi connectivity index (χ4n) is 3.45. The maximum atomic E-state index is 12.5. The Hall–Kier alpha value is -4.66. The summed E-state index contributed by atoms with van der Waals surface area (Å²) in [6.45, 7) is 0.313. The van der Waals surface area contributed by atoms with Gasteiger partial charge in [-0.3, -0.25) is 14.6 Å². The highest BCUT2D eigenvalue weighted by atomic mass is 16.5. The Bertz CT molecular complexity index is 1300. The Balaban J connectivity index is 1.56. The zero-order chi connectivity index (χ0) is 23.4. The van der Waals surface area contributed by atoms with Crippen LogP contribution >= 0.6 is 0 Å². The van der Waals surface area contributed by atoms with Crippen LogP contribution < -0.4 is 21.5 Å². The lowest BCUT2D eigenvalue weighted by molar-refractivity contribution is 0.0946. The third-order valence-electron chi connectivity index (χ3n) is 5.11. The molecular formula is C24H22N6O3. The second-order valence-electron chi connectivity index (χ2n) is 7.17. The number of nitrogens with one attached hydrogen (secondary N) is 1. The van der Waals surface area contributed by atoms with E-state index in [-0.39, 0.29) is 17.3 Å². The number of para-hydroxylation sites is 1. The Morgan fingerprint density at radius 1 is 1.03 bits per heavy atom. The molecule has 0 atom stereocenters. The molecule has 0 aliphatic heterocycles. The molecule has 4 rings (SSSR count). The predicted molar refractivity (Wildman–Crippen MR) is 124 cm³/mol. The van der Waals surface area contributed by atoms with Gasteiger partial charge >= 0.3 is 0 Å². The van der Waals surface area contributed by atoms with Crippen molar-refractivity contribution in [2.45, 2.75) is 6.54 Å². The molecule has 9 nitrogen and oxygen atoms in total. The van der Waals surface area contributed by atoms with Gasteiger partial charge < -0.3 is 21.5 Å². The van der Waals surface area contributed by atoms with E-state index in [1.165, 1.54) is 11.8 Å². The van der Waals surface area contributed by atoms with E-state index in [9.17, 15) is 9.59 Å². The smallest absolute Gasteiger partial charge is 0.255 e. The van der Waals surface area contributed by atoms with Crippen LogP contribution in [0.2, 0.25) is 0 Å². The summed E-state index contributed by atoms with van der Waals surface area (Å²) >= 11 is 0. The van der Waals surface area contributed by atoms with Gasteiger partial charge in [-0.05, 0) is 29.8 Å². The maximum Gasteiger partial charge on any atom is 0.255 e. The van der Waals surface area contributed by atoms with E-state index in [1.54, 1.807) is 60.9 Å². The predicted octanol–water partition coefficient (Wildman–Crippen LogP) is 2.55. The quantitative estimate of drug-likeness (QED) is 0.402. The van der Waals surface area contributed by atoms with Gasteiger partial charge in [-0.1, -0.05) is 36.4 Å². The number of aromatic nitrogens is 3. The highest BCUT2D eigenvalue weighted by molar-refractivity contribution is 6.03. The van der Waals surface area contributed by atoms with Gasteiger partial charge in [0, 0.05) is 24.5 Å². The number of hydrogen-bond acceptors (Lipinski definition) is 6. The van der Waals surface area contributed by atoms with Crippen molar-refractivity contribution < 1.29 is 14.3 Å². The number of nitrogens with two attached hydrogens (primary N) is 2. The second-order valence-corrected chi connectivity index (χ2v) is 7.17. The number of primary amides is 1. The summed E-state index contributed by atoms with van der Waals surface area (Å²) in [5, 5.41) is 7.39. The molecular weight excluding hydrogens is 420 g/mol. The van der Waals surface area contributed by atoms with Crippen molar-refractivity contribution in [3.05, 3.63) is 89.7 Å². The lowest BCUT2D eigenvalue weighted by Crippen LogP contribution is -2.23. The van der Waals surface area contributed by atoms with Gasteiger partial charge in [-0.25, -0.2) is 4.68 Å². The van der Waals surface area contributed by atoms with E-state index >= 15 is 0 Å². The van der Waals surface area contributed by atoms with Gasteiger partial charge in [0.25, 0.3) is 11.8 Å². The van der Waals surface area contributed by atoms with E-state index in [1.807, 2.05) is 12.1 Å². The molecule has 2 aromatic heterocycles. The molecule has 9 heteroatoms. The van der Waals surface area contributed by atoms with Crippen molar-refractivity contribution in [3.8, 4) is 22.7 Å². The van der Waals surface area contributed by atoms with Crippen molar-refractivity contribution >= 4 is 17.6 Å². The van der Waals surface area contributed by atoms with Gasteiger partial charge in [0.15, 0.2) is 0 Å². The Morgan fingerprint density at radius 3 is 2.39 bits per heavy atom. The van der Waals surface area contributed by atoms with Gasteiger partial charge in [0.1, 0.15) is 22.8 Å². The van der Waals surface area contributed by atoms with Gasteiger partial charge in [-0.2, -0.15) is 5.10 Å². The van der Waals surface area contributed by atoms with Crippen molar-refractivity contribution in [3.63, 3.8) is 0 Å². The highest BCUT2D eigenvalue weighted by Gasteiger charge is 2.22. The standard InChI is InChI=1S/C24H22N6O3/c1-33-19-5-3-2-4-18(19)24(32)28-14-15-6-8-16(9-7-15)21-20(23(26)31)22(25)30(29-21)17-10-12-27-13-11-17/h2-13H,14,25H2,1H3,(H2,26,31)(H,28,32). The molecule has 5 N–H and O–H groups in total. The molecule has 2 aromatic carbocycles. The highest BCUT2D eigenvalue weighted by Crippen LogP contribution is 2.29. The molecule has 0 radical (unpaired) electrons. The largest absolute Gasteiger partial charge is 0.496 e. The Kier molecular flexibility index (Phi) is 6.03. The SMILES string of the molecule is COc1ccccc1C(=O)NCc1ccc(-c2nn(-c3ccncc3)c(N)c2C(N)=O)cc1. The van der Waals surface area contributed by atoms with E-state index in [4.69, 9.17) is 16.2 Å². The molecule has 0 fully saturated rings. The summed E-state index contributed by atoms with van der Waals surface area (Å²) in [7, 11) is 1.52. The van der Waals surface area contributed by atoms with E-state index in [0.717, 1.165) is 5.56 Å². The maximum absolute atomic E-state index is 12.5. The number of amides is 2. The molecule has 0 unspecified atom stereocenters. The van der Waals surface area contributed by atoms with Crippen LogP contribution in [0.25, 0.3) is 16.9 Å². The molecule has 0 saturated carbocycles. The zero-order valence-corrected chi connectivity index (χ0v) is 17.9. The van der Waals surface area contributed by atoms with Gasteiger partial charge in [0.05, 0.1) is 18.4 Å². The Morgan fingerprint density at radius 2 is 1.73 bits per heavy atom. The Labute approximate surface area is 190 Å². The average Bonchev–Trinajstić information content (AvgIpc) is 3.20. The first kappa shape index (κ1) is 21.6.